The van der Waals surface area contributed by atoms with Crippen molar-refractivity contribution in [1.82, 2.24) is 19.7 Å². The first-order valence-corrected chi connectivity index (χ1v) is 9.92. The Balaban J connectivity index is 1.35. The van der Waals surface area contributed by atoms with Crippen LogP contribution in [0.3, 0.4) is 0 Å². The highest BCUT2D eigenvalue weighted by atomic mass is 19.4. The molecule has 27 heavy (non-hydrogen) atoms. The third-order valence-electron chi connectivity index (χ3n) is 6.44. The SMILES string of the molecule is O=C(CC1CCCC1)N1CCC([C@@H]2C[C@H](C(F)(F)F)n3ncnc3N2)CC1. The second-order valence-electron chi connectivity index (χ2n) is 8.14. The van der Waals surface area contributed by atoms with Crippen LogP contribution >= 0.6 is 0 Å². The maximum Gasteiger partial charge on any atom is 0.411 e. The van der Waals surface area contributed by atoms with Crippen LogP contribution in [-0.2, 0) is 4.79 Å². The Morgan fingerprint density at radius 3 is 2.56 bits per heavy atom. The Hall–Kier alpha value is -1.80. The fourth-order valence-corrected chi connectivity index (χ4v) is 4.87. The quantitative estimate of drug-likeness (QED) is 0.866. The van der Waals surface area contributed by atoms with Crippen molar-refractivity contribution >= 4 is 11.9 Å². The van der Waals surface area contributed by atoms with Gasteiger partial charge in [0.1, 0.15) is 6.33 Å². The number of hydrogen-bond donors (Lipinski definition) is 1. The van der Waals surface area contributed by atoms with Crippen molar-refractivity contribution in [2.75, 3.05) is 18.4 Å². The maximum atomic E-state index is 13.4. The van der Waals surface area contributed by atoms with Crippen molar-refractivity contribution in [3.05, 3.63) is 6.33 Å². The number of nitrogens with zero attached hydrogens (tertiary/aromatic N) is 4. The molecule has 1 aromatic heterocycles. The summed E-state index contributed by atoms with van der Waals surface area (Å²) in [6.07, 6.45) is 3.60. The first-order valence-electron chi connectivity index (χ1n) is 9.92. The van der Waals surface area contributed by atoms with E-state index in [0.29, 0.717) is 25.4 Å². The van der Waals surface area contributed by atoms with Gasteiger partial charge in [-0.05, 0) is 43.9 Å². The lowest BCUT2D eigenvalue weighted by Crippen LogP contribution is -2.47. The third-order valence-corrected chi connectivity index (χ3v) is 6.44. The number of carbonyl (C=O) groups excluding carboxylic acids is 1. The average Bonchev–Trinajstić information content (AvgIpc) is 3.31. The van der Waals surface area contributed by atoms with Crippen LogP contribution in [0.4, 0.5) is 19.1 Å². The number of anilines is 1. The molecule has 1 aliphatic carbocycles. The van der Waals surface area contributed by atoms with Gasteiger partial charge in [0.25, 0.3) is 0 Å². The van der Waals surface area contributed by atoms with Gasteiger partial charge in [-0.2, -0.15) is 23.3 Å². The lowest BCUT2D eigenvalue weighted by molar-refractivity contribution is -0.174. The molecule has 1 N–H and O–H groups in total. The summed E-state index contributed by atoms with van der Waals surface area (Å²) in [6, 6.07) is -1.93. The average molecular weight is 385 g/mol. The van der Waals surface area contributed by atoms with Crippen LogP contribution in [0.25, 0.3) is 0 Å². The Labute approximate surface area is 156 Å². The smallest absolute Gasteiger partial charge is 0.351 e. The van der Waals surface area contributed by atoms with Gasteiger partial charge in [-0.1, -0.05) is 12.8 Å². The van der Waals surface area contributed by atoms with Gasteiger partial charge in [-0.3, -0.25) is 4.79 Å². The summed E-state index contributed by atoms with van der Waals surface area (Å²) < 4.78 is 41.2. The minimum Gasteiger partial charge on any atom is -0.351 e. The van der Waals surface area contributed by atoms with Crippen molar-refractivity contribution in [2.45, 2.75) is 69.6 Å². The second-order valence-corrected chi connectivity index (χ2v) is 8.14. The van der Waals surface area contributed by atoms with Gasteiger partial charge in [-0.25, -0.2) is 4.68 Å². The van der Waals surface area contributed by atoms with E-state index >= 15 is 0 Å². The highest BCUT2D eigenvalue weighted by Crippen LogP contribution is 2.41. The molecule has 2 aliphatic heterocycles. The standard InChI is InChI=1S/C18H26F3N5O/c19-18(20,21)15-10-14(24-17-22-11-23-26(15)17)13-5-7-25(8-6-13)16(27)9-12-3-1-2-4-12/h11-15H,1-10H2,(H,22,23,24)/t14-,15+/m0/s1. The van der Waals surface area contributed by atoms with Crippen LogP contribution in [0.1, 0.15) is 57.4 Å². The van der Waals surface area contributed by atoms with Crippen LogP contribution in [-0.4, -0.2) is 50.9 Å². The molecule has 1 aromatic rings. The van der Waals surface area contributed by atoms with Crippen molar-refractivity contribution < 1.29 is 18.0 Å². The molecule has 1 saturated heterocycles. The summed E-state index contributed by atoms with van der Waals surface area (Å²) in [5.41, 5.74) is 0. The topological polar surface area (TPSA) is 63.1 Å². The second kappa shape index (κ2) is 7.31. The minimum absolute atomic E-state index is 0.0411. The molecule has 1 saturated carbocycles. The van der Waals surface area contributed by atoms with E-state index in [9.17, 15) is 18.0 Å². The predicted octanol–water partition coefficient (Wildman–Crippen LogP) is 3.38. The number of piperidine rings is 1. The minimum atomic E-state index is -4.35. The predicted molar refractivity (Wildman–Crippen MR) is 93.0 cm³/mol. The van der Waals surface area contributed by atoms with Crippen molar-refractivity contribution in [3.8, 4) is 0 Å². The molecule has 3 heterocycles. The fraction of sp³-hybridized carbons (Fsp3) is 0.833. The van der Waals surface area contributed by atoms with Crippen molar-refractivity contribution in [1.29, 1.82) is 0 Å². The summed E-state index contributed by atoms with van der Waals surface area (Å²) in [5.74, 6) is 1.03. The maximum absolute atomic E-state index is 13.4. The number of carbonyl (C=O) groups is 1. The Bertz CT molecular complexity index is 662. The number of alkyl halides is 3. The van der Waals surface area contributed by atoms with Gasteiger partial charge in [0.05, 0.1) is 0 Å². The van der Waals surface area contributed by atoms with Gasteiger partial charge >= 0.3 is 6.18 Å². The van der Waals surface area contributed by atoms with Crippen LogP contribution in [0.5, 0.6) is 0 Å². The van der Waals surface area contributed by atoms with E-state index < -0.39 is 12.2 Å². The Morgan fingerprint density at radius 1 is 1.19 bits per heavy atom. The number of rotatable bonds is 3. The summed E-state index contributed by atoms with van der Waals surface area (Å²) in [4.78, 5) is 18.3. The number of fused-ring (bicyclic) bond motifs is 1. The number of hydrogen-bond acceptors (Lipinski definition) is 4. The van der Waals surface area contributed by atoms with E-state index in [-0.39, 0.29) is 30.2 Å². The van der Waals surface area contributed by atoms with E-state index in [1.165, 1.54) is 12.8 Å². The van der Waals surface area contributed by atoms with Gasteiger partial charge in [0, 0.05) is 25.6 Å². The molecule has 2 atom stereocenters. The third kappa shape index (κ3) is 3.91. The van der Waals surface area contributed by atoms with Gasteiger partial charge in [0.2, 0.25) is 11.9 Å². The molecule has 6 nitrogen and oxygen atoms in total. The van der Waals surface area contributed by atoms with Crippen LogP contribution in [0.15, 0.2) is 6.33 Å². The van der Waals surface area contributed by atoms with Gasteiger partial charge in [0.15, 0.2) is 6.04 Å². The molecule has 4 rings (SSSR count). The summed E-state index contributed by atoms with van der Waals surface area (Å²) in [7, 11) is 0. The zero-order valence-electron chi connectivity index (χ0n) is 15.3. The molecule has 3 aliphatic rings. The zero-order valence-corrected chi connectivity index (χ0v) is 15.3. The van der Waals surface area contributed by atoms with Gasteiger partial charge < -0.3 is 10.2 Å². The molecule has 0 unspecified atom stereocenters. The monoisotopic (exact) mass is 385 g/mol. The largest absolute Gasteiger partial charge is 0.411 e. The normalized spacial score (nSPS) is 27.4. The Morgan fingerprint density at radius 2 is 1.89 bits per heavy atom. The van der Waals surface area contributed by atoms with Crippen LogP contribution < -0.4 is 5.32 Å². The summed E-state index contributed by atoms with van der Waals surface area (Å²) in [5, 5.41) is 6.88. The van der Waals surface area contributed by atoms with E-state index in [0.717, 1.165) is 36.7 Å². The number of aromatic nitrogens is 3. The lowest BCUT2D eigenvalue weighted by Gasteiger charge is -2.40. The number of halogens is 3. The number of likely N-dealkylation sites (tertiary alicyclic amines) is 1. The van der Waals surface area contributed by atoms with Crippen molar-refractivity contribution in [2.24, 2.45) is 11.8 Å². The fourth-order valence-electron chi connectivity index (χ4n) is 4.87. The molecular weight excluding hydrogens is 359 g/mol. The lowest BCUT2D eigenvalue weighted by atomic mass is 9.84. The molecule has 0 spiro atoms. The van der Waals surface area contributed by atoms with Gasteiger partial charge in [-0.15, -0.1) is 0 Å². The molecule has 150 valence electrons. The number of amides is 1. The summed E-state index contributed by atoms with van der Waals surface area (Å²) >= 11 is 0. The van der Waals surface area contributed by atoms with E-state index in [4.69, 9.17) is 0 Å². The van der Waals surface area contributed by atoms with E-state index in [2.05, 4.69) is 15.4 Å². The van der Waals surface area contributed by atoms with Crippen LogP contribution in [0.2, 0.25) is 0 Å². The highest BCUT2D eigenvalue weighted by molar-refractivity contribution is 5.76. The highest BCUT2D eigenvalue weighted by Gasteiger charge is 2.48. The molecule has 9 heteroatoms. The molecule has 0 bridgehead atoms. The Kier molecular flexibility index (Phi) is 5.03. The van der Waals surface area contributed by atoms with Crippen molar-refractivity contribution in [3.63, 3.8) is 0 Å². The molecule has 0 aromatic carbocycles. The number of nitrogens with one attached hydrogen (secondary N) is 1. The molecule has 2 fully saturated rings. The first-order chi connectivity index (χ1) is 12.9. The van der Waals surface area contributed by atoms with Crippen LogP contribution in [0, 0.1) is 11.8 Å². The van der Waals surface area contributed by atoms with E-state index in [1.54, 1.807) is 0 Å². The van der Waals surface area contributed by atoms with E-state index in [1.807, 2.05) is 4.90 Å². The molecular formula is C18H26F3N5O. The zero-order chi connectivity index (χ0) is 19.0. The summed E-state index contributed by atoms with van der Waals surface area (Å²) in [6.45, 7) is 1.27. The molecule has 0 radical (unpaired) electrons. The molecule has 1 amide bonds. The first kappa shape index (κ1) is 18.6.